The zero-order valence-electron chi connectivity index (χ0n) is 11.8. The minimum Gasteiger partial charge on any atom is -0.378 e. The van der Waals surface area contributed by atoms with Crippen molar-refractivity contribution >= 4 is 21.4 Å². The van der Waals surface area contributed by atoms with Crippen LogP contribution >= 0.6 is 0 Å². The summed E-state index contributed by atoms with van der Waals surface area (Å²) in [6.45, 7) is 1.95. The predicted molar refractivity (Wildman–Crippen MR) is 83.3 cm³/mol. The molecule has 112 valence electrons. The molecular formula is C15H17FN2O2S. The van der Waals surface area contributed by atoms with Crippen molar-refractivity contribution in [2.75, 3.05) is 16.3 Å². The van der Waals surface area contributed by atoms with Gasteiger partial charge in [-0.15, -0.1) is 0 Å². The molecule has 0 aromatic heterocycles. The van der Waals surface area contributed by atoms with Gasteiger partial charge in [-0.05, 0) is 42.8 Å². The summed E-state index contributed by atoms with van der Waals surface area (Å²) < 4.78 is 37.8. The standard InChI is InChI=1S/C15H17FN2O2S/c1-11(17-15-5-3-4-13(16)10-15)12-6-8-14(9-7-12)18-21(2,19)20/h3-11,17-18H,1-2H3/t11-/m0/s1. The first-order chi connectivity index (χ1) is 9.83. The van der Waals surface area contributed by atoms with Crippen LogP contribution in [0.15, 0.2) is 48.5 Å². The van der Waals surface area contributed by atoms with Crippen molar-refractivity contribution in [3.05, 3.63) is 59.9 Å². The van der Waals surface area contributed by atoms with Crippen LogP contribution in [0.1, 0.15) is 18.5 Å². The number of halogens is 1. The lowest BCUT2D eigenvalue weighted by Gasteiger charge is -2.16. The summed E-state index contributed by atoms with van der Waals surface area (Å²) in [4.78, 5) is 0. The molecule has 2 N–H and O–H groups in total. The first-order valence-electron chi connectivity index (χ1n) is 6.43. The summed E-state index contributed by atoms with van der Waals surface area (Å²) in [5, 5.41) is 3.19. The molecule has 21 heavy (non-hydrogen) atoms. The maximum atomic E-state index is 13.1. The van der Waals surface area contributed by atoms with Gasteiger partial charge in [-0.2, -0.15) is 0 Å². The Kier molecular flexibility index (Phi) is 4.47. The molecule has 2 rings (SSSR count). The van der Waals surface area contributed by atoms with Gasteiger partial charge in [-0.1, -0.05) is 18.2 Å². The summed E-state index contributed by atoms with van der Waals surface area (Å²) in [6.07, 6.45) is 1.11. The molecule has 1 atom stereocenters. The summed E-state index contributed by atoms with van der Waals surface area (Å²) in [6, 6.07) is 13.3. The van der Waals surface area contributed by atoms with Crippen LogP contribution in [0.5, 0.6) is 0 Å². The van der Waals surface area contributed by atoms with Crippen molar-refractivity contribution in [1.82, 2.24) is 0 Å². The van der Waals surface area contributed by atoms with Crippen molar-refractivity contribution in [3.8, 4) is 0 Å². The monoisotopic (exact) mass is 308 g/mol. The molecular weight excluding hydrogens is 291 g/mol. The lowest BCUT2D eigenvalue weighted by Crippen LogP contribution is -2.10. The molecule has 0 aliphatic heterocycles. The molecule has 0 amide bonds. The van der Waals surface area contributed by atoms with Crippen LogP contribution in [0.4, 0.5) is 15.8 Å². The van der Waals surface area contributed by atoms with Crippen LogP contribution in [0.3, 0.4) is 0 Å². The molecule has 0 heterocycles. The predicted octanol–water partition coefficient (Wildman–Crippen LogP) is 3.37. The molecule has 6 heteroatoms. The molecule has 0 aliphatic rings. The molecule has 0 unspecified atom stereocenters. The highest BCUT2D eigenvalue weighted by molar-refractivity contribution is 7.92. The van der Waals surface area contributed by atoms with Crippen LogP contribution in [0.25, 0.3) is 0 Å². The Labute approximate surface area is 124 Å². The second kappa shape index (κ2) is 6.13. The zero-order chi connectivity index (χ0) is 15.5. The van der Waals surface area contributed by atoms with Crippen molar-refractivity contribution in [2.45, 2.75) is 13.0 Å². The number of anilines is 2. The van der Waals surface area contributed by atoms with Gasteiger partial charge in [0.1, 0.15) is 5.82 Å². The van der Waals surface area contributed by atoms with Gasteiger partial charge in [0, 0.05) is 17.4 Å². The minimum absolute atomic E-state index is 0.0286. The lowest BCUT2D eigenvalue weighted by atomic mass is 10.1. The maximum Gasteiger partial charge on any atom is 0.229 e. The van der Waals surface area contributed by atoms with E-state index in [0.717, 1.165) is 11.8 Å². The number of benzene rings is 2. The fraction of sp³-hybridized carbons (Fsp3) is 0.200. The molecule has 0 saturated heterocycles. The molecule has 2 aromatic rings. The van der Waals surface area contributed by atoms with Gasteiger partial charge in [-0.25, -0.2) is 12.8 Å². The first-order valence-corrected chi connectivity index (χ1v) is 8.32. The average Bonchev–Trinajstić information content (AvgIpc) is 2.37. The first kappa shape index (κ1) is 15.3. The van der Waals surface area contributed by atoms with E-state index < -0.39 is 10.0 Å². The molecule has 0 saturated carbocycles. The van der Waals surface area contributed by atoms with Crippen LogP contribution in [0, 0.1) is 5.82 Å². The van der Waals surface area contributed by atoms with Crippen molar-refractivity contribution in [1.29, 1.82) is 0 Å². The normalized spacial score (nSPS) is 12.7. The quantitative estimate of drug-likeness (QED) is 0.890. The van der Waals surface area contributed by atoms with E-state index in [1.165, 1.54) is 12.1 Å². The van der Waals surface area contributed by atoms with E-state index in [9.17, 15) is 12.8 Å². The fourth-order valence-corrected chi connectivity index (χ4v) is 2.53. The van der Waals surface area contributed by atoms with E-state index in [2.05, 4.69) is 10.0 Å². The SMILES string of the molecule is C[C@H](Nc1cccc(F)c1)c1ccc(NS(C)(=O)=O)cc1. The second-order valence-corrected chi connectivity index (χ2v) is 6.62. The van der Waals surface area contributed by atoms with Crippen molar-refractivity contribution in [3.63, 3.8) is 0 Å². The number of hydrogen-bond donors (Lipinski definition) is 2. The fourth-order valence-electron chi connectivity index (χ4n) is 1.97. The molecule has 0 radical (unpaired) electrons. The molecule has 0 fully saturated rings. The lowest BCUT2D eigenvalue weighted by molar-refractivity contribution is 0.607. The van der Waals surface area contributed by atoms with Gasteiger partial charge in [-0.3, -0.25) is 4.72 Å². The van der Waals surface area contributed by atoms with Crippen LogP contribution < -0.4 is 10.0 Å². The highest BCUT2D eigenvalue weighted by Gasteiger charge is 2.07. The molecule has 2 aromatic carbocycles. The third-order valence-electron chi connectivity index (χ3n) is 2.92. The van der Waals surface area contributed by atoms with E-state index in [1.807, 2.05) is 19.1 Å². The zero-order valence-corrected chi connectivity index (χ0v) is 12.6. The van der Waals surface area contributed by atoms with E-state index in [1.54, 1.807) is 24.3 Å². The van der Waals surface area contributed by atoms with Crippen LogP contribution in [-0.2, 0) is 10.0 Å². The summed E-state index contributed by atoms with van der Waals surface area (Å²) in [5.41, 5.74) is 2.18. The third-order valence-corrected chi connectivity index (χ3v) is 3.53. The number of sulfonamides is 1. The summed E-state index contributed by atoms with van der Waals surface area (Å²) >= 11 is 0. The van der Waals surface area contributed by atoms with E-state index in [0.29, 0.717) is 11.4 Å². The largest absolute Gasteiger partial charge is 0.378 e. The number of nitrogens with one attached hydrogen (secondary N) is 2. The topological polar surface area (TPSA) is 58.2 Å². The minimum atomic E-state index is -3.27. The van der Waals surface area contributed by atoms with E-state index >= 15 is 0 Å². The van der Waals surface area contributed by atoms with Crippen molar-refractivity contribution < 1.29 is 12.8 Å². The molecule has 4 nitrogen and oxygen atoms in total. The Bertz CT molecular complexity index is 715. The highest BCUT2D eigenvalue weighted by Crippen LogP contribution is 2.21. The summed E-state index contributed by atoms with van der Waals surface area (Å²) in [5.74, 6) is -0.292. The van der Waals surface area contributed by atoms with Gasteiger partial charge >= 0.3 is 0 Å². The molecule has 0 aliphatic carbocycles. The highest BCUT2D eigenvalue weighted by atomic mass is 32.2. The van der Waals surface area contributed by atoms with Gasteiger partial charge in [0.2, 0.25) is 10.0 Å². The van der Waals surface area contributed by atoms with Gasteiger partial charge in [0.05, 0.1) is 6.26 Å². The van der Waals surface area contributed by atoms with E-state index in [-0.39, 0.29) is 11.9 Å². The molecule has 0 spiro atoms. The Hall–Kier alpha value is -2.08. The smallest absolute Gasteiger partial charge is 0.229 e. The average molecular weight is 308 g/mol. The third kappa shape index (κ3) is 4.75. The van der Waals surface area contributed by atoms with Gasteiger partial charge in [0.25, 0.3) is 0 Å². The Morgan fingerprint density at radius 2 is 1.71 bits per heavy atom. The van der Waals surface area contributed by atoms with E-state index in [4.69, 9.17) is 0 Å². The van der Waals surface area contributed by atoms with Crippen LogP contribution in [0.2, 0.25) is 0 Å². The summed E-state index contributed by atoms with van der Waals surface area (Å²) in [7, 11) is -3.27. The Balaban J connectivity index is 2.08. The second-order valence-electron chi connectivity index (χ2n) is 4.87. The van der Waals surface area contributed by atoms with Gasteiger partial charge in [0.15, 0.2) is 0 Å². The van der Waals surface area contributed by atoms with Crippen LogP contribution in [-0.4, -0.2) is 14.7 Å². The number of hydrogen-bond acceptors (Lipinski definition) is 3. The Morgan fingerprint density at radius 3 is 2.29 bits per heavy atom. The molecule has 0 bridgehead atoms. The maximum absolute atomic E-state index is 13.1. The van der Waals surface area contributed by atoms with Crippen molar-refractivity contribution in [2.24, 2.45) is 0 Å². The Morgan fingerprint density at radius 1 is 1.05 bits per heavy atom. The van der Waals surface area contributed by atoms with Gasteiger partial charge < -0.3 is 5.32 Å². The number of rotatable bonds is 5.